The van der Waals surface area contributed by atoms with Gasteiger partial charge in [-0.1, -0.05) is 20.3 Å². The van der Waals surface area contributed by atoms with Crippen LogP contribution in [0.2, 0.25) is 38.3 Å². The van der Waals surface area contributed by atoms with Gasteiger partial charge in [0.25, 0.3) is 0 Å². The maximum Gasteiger partial charge on any atom is 0.310 e. The van der Waals surface area contributed by atoms with Crippen LogP contribution < -0.4 is 0 Å². The van der Waals surface area contributed by atoms with E-state index >= 15 is 0 Å². The Hall–Kier alpha value is 0.451. The van der Waals surface area contributed by atoms with Crippen molar-refractivity contribution in [3.8, 4) is 0 Å². The largest absolute Gasteiger partial charge is 0.442 e. The predicted octanol–water partition coefficient (Wildman–Crippen LogP) is 4.47. The van der Waals surface area contributed by atoms with Gasteiger partial charge in [0.05, 0.1) is 19.8 Å². The van der Waals surface area contributed by atoms with Crippen LogP contribution in [0.15, 0.2) is 0 Å². The van der Waals surface area contributed by atoms with Crippen LogP contribution in [-0.2, 0) is 22.4 Å². The molecule has 168 valence electrons. The van der Waals surface area contributed by atoms with Crippen LogP contribution in [0.25, 0.3) is 0 Å². The summed E-state index contributed by atoms with van der Waals surface area (Å²) in [5.74, 6) is 0. The summed E-state index contributed by atoms with van der Waals surface area (Å²) in [7, 11) is -4.19. The Morgan fingerprint density at radius 2 is 1.61 bits per heavy atom. The monoisotopic (exact) mass is 450 g/mol. The molecule has 0 aromatic heterocycles. The minimum absolute atomic E-state index is 0.290. The Bertz CT molecular complexity index is 398. The van der Waals surface area contributed by atoms with Crippen molar-refractivity contribution in [3.05, 3.63) is 0 Å². The molecule has 0 radical (unpaired) electrons. The number of rotatable bonds is 18. The third-order valence-corrected chi connectivity index (χ3v) is 15.5. The predicted molar refractivity (Wildman–Crippen MR) is 125 cm³/mol. The van der Waals surface area contributed by atoms with E-state index in [0.717, 1.165) is 64.9 Å². The van der Waals surface area contributed by atoms with Gasteiger partial charge in [-0.3, -0.25) is 0 Å². The first-order chi connectivity index (χ1) is 13.2. The standard InChI is InChI=1S/C20H46O5Si3/c1-7-9-12-21-13-10-15-26-24-28(5,6)25-27(3,4)16-11-14-22-17-20(8-2)18-23-19-20/h7-19,26H2,1-6H3. The minimum atomic E-state index is -2.00. The van der Waals surface area contributed by atoms with Crippen LogP contribution >= 0.6 is 0 Å². The first-order valence-electron chi connectivity index (χ1n) is 11.3. The first-order valence-corrected chi connectivity index (χ1v) is 18.8. The molecule has 1 fully saturated rings. The van der Waals surface area contributed by atoms with Crippen molar-refractivity contribution in [1.29, 1.82) is 0 Å². The summed E-state index contributed by atoms with van der Waals surface area (Å²) < 4.78 is 29.8. The van der Waals surface area contributed by atoms with Gasteiger partial charge in [-0.25, -0.2) is 0 Å². The van der Waals surface area contributed by atoms with Gasteiger partial charge in [0.2, 0.25) is 0 Å². The van der Waals surface area contributed by atoms with E-state index in [1.54, 1.807) is 0 Å². The van der Waals surface area contributed by atoms with Gasteiger partial charge in [0.1, 0.15) is 9.76 Å². The highest BCUT2D eigenvalue weighted by Gasteiger charge is 2.37. The molecule has 1 aliphatic rings. The molecule has 28 heavy (non-hydrogen) atoms. The molecule has 5 nitrogen and oxygen atoms in total. The van der Waals surface area contributed by atoms with Gasteiger partial charge in [0, 0.05) is 25.2 Å². The highest BCUT2D eigenvalue weighted by molar-refractivity contribution is 6.83. The Morgan fingerprint density at radius 1 is 0.929 bits per heavy atom. The molecule has 0 spiro atoms. The van der Waals surface area contributed by atoms with Gasteiger partial charge in [-0.05, 0) is 64.0 Å². The number of unbranched alkanes of at least 4 members (excludes halogenated alkanes) is 1. The minimum Gasteiger partial charge on any atom is -0.442 e. The molecule has 0 atom stereocenters. The Morgan fingerprint density at radius 3 is 2.21 bits per heavy atom. The fourth-order valence-corrected chi connectivity index (χ4v) is 13.8. The zero-order valence-corrected chi connectivity index (χ0v) is 22.9. The fraction of sp³-hybridized carbons (Fsp3) is 1.00. The van der Waals surface area contributed by atoms with E-state index < -0.39 is 26.6 Å². The molecule has 0 N–H and O–H groups in total. The van der Waals surface area contributed by atoms with Crippen LogP contribution in [0.3, 0.4) is 0 Å². The van der Waals surface area contributed by atoms with Gasteiger partial charge >= 0.3 is 8.56 Å². The van der Waals surface area contributed by atoms with Gasteiger partial charge in [-0.15, -0.1) is 0 Å². The second kappa shape index (κ2) is 13.7. The smallest absolute Gasteiger partial charge is 0.310 e. The number of ether oxygens (including phenoxy) is 3. The van der Waals surface area contributed by atoms with Crippen molar-refractivity contribution in [2.24, 2.45) is 5.41 Å². The Labute approximate surface area is 178 Å². The quantitative estimate of drug-likeness (QED) is 0.228. The molecule has 1 saturated heterocycles. The molecule has 0 aliphatic carbocycles. The molecular formula is C20H46O5Si3. The number of hydrogen-bond donors (Lipinski definition) is 0. The molecule has 0 saturated carbocycles. The third-order valence-electron chi connectivity index (χ3n) is 5.34. The highest BCUT2D eigenvalue weighted by Crippen LogP contribution is 2.31. The lowest BCUT2D eigenvalue weighted by Crippen LogP contribution is -2.47. The van der Waals surface area contributed by atoms with Crippen LogP contribution in [0, 0.1) is 5.41 Å². The average Bonchev–Trinajstić information content (AvgIpc) is 2.58. The lowest BCUT2D eigenvalue weighted by molar-refractivity contribution is -0.150. The maximum atomic E-state index is 6.57. The van der Waals surface area contributed by atoms with E-state index in [1.165, 1.54) is 18.9 Å². The molecule has 0 unspecified atom stereocenters. The van der Waals surface area contributed by atoms with E-state index in [2.05, 4.69) is 40.0 Å². The molecule has 0 aromatic carbocycles. The summed E-state index contributed by atoms with van der Waals surface area (Å²) in [6.07, 6.45) is 5.72. The van der Waals surface area contributed by atoms with E-state index in [1.807, 2.05) is 0 Å². The Balaban J connectivity index is 2.09. The third kappa shape index (κ3) is 11.6. The van der Waals surface area contributed by atoms with Crippen molar-refractivity contribution in [2.75, 3.05) is 39.6 Å². The molecule has 0 aromatic rings. The van der Waals surface area contributed by atoms with Crippen molar-refractivity contribution in [2.45, 2.75) is 84.2 Å². The zero-order valence-electron chi connectivity index (χ0n) is 19.4. The first kappa shape index (κ1) is 26.5. The van der Waals surface area contributed by atoms with E-state index in [4.69, 9.17) is 22.4 Å². The molecule has 1 rings (SSSR count). The fourth-order valence-electron chi connectivity index (χ4n) is 3.39. The molecule has 8 heteroatoms. The summed E-state index contributed by atoms with van der Waals surface area (Å²) >= 11 is 0. The SMILES string of the molecule is CCCCOCCC[SiH2]O[Si](C)(C)O[Si](C)(C)CCCOCC1(CC)COC1. The van der Waals surface area contributed by atoms with E-state index in [-0.39, 0.29) is 5.41 Å². The van der Waals surface area contributed by atoms with Gasteiger partial charge in [0.15, 0.2) is 8.32 Å². The zero-order chi connectivity index (χ0) is 20.9. The van der Waals surface area contributed by atoms with Crippen molar-refractivity contribution >= 4 is 26.6 Å². The molecular weight excluding hydrogens is 404 g/mol. The van der Waals surface area contributed by atoms with Crippen LogP contribution in [0.1, 0.15) is 46.0 Å². The van der Waals surface area contributed by atoms with Crippen LogP contribution in [0.4, 0.5) is 0 Å². The summed E-state index contributed by atoms with van der Waals surface area (Å²) in [5.41, 5.74) is 0.290. The van der Waals surface area contributed by atoms with E-state index in [0.29, 0.717) is 0 Å². The molecule has 0 amide bonds. The summed E-state index contributed by atoms with van der Waals surface area (Å²) in [6, 6.07) is 2.32. The topological polar surface area (TPSA) is 46.2 Å². The normalized spacial score (nSPS) is 17.4. The number of hydrogen-bond acceptors (Lipinski definition) is 5. The summed E-state index contributed by atoms with van der Waals surface area (Å²) in [4.78, 5) is 0. The van der Waals surface area contributed by atoms with Crippen molar-refractivity contribution in [1.82, 2.24) is 0 Å². The van der Waals surface area contributed by atoms with E-state index in [9.17, 15) is 0 Å². The summed E-state index contributed by atoms with van der Waals surface area (Å²) in [5, 5.41) is 0. The average molecular weight is 451 g/mol. The molecule has 1 heterocycles. The lowest BCUT2D eigenvalue weighted by Gasteiger charge is -2.40. The second-order valence-electron chi connectivity index (χ2n) is 9.29. The maximum absolute atomic E-state index is 6.57. The van der Waals surface area contributed by atoms with Crippen molar-refractivity contribution in [3.63, 3.8) is 0 Å². The van der Waals surface area contributed by atoms with Crippen molar-refractivity contribution < 1.29 is 22.4 Å². The van der Waals surface area contributed by atoms with Crippen LogP contribution in [-0.4, -0.2) is 66.3 Å². The molecule has 1 aliphatic heterocycles. The van der Waals surface area contributed by atoms with Gasteiger partial charge < -0.3 is 22.4 Å². The highest BCUT2D eigenvalue weighted by atomic mass is 28.5. The van der Waals surface area contributed by atoms with Crippen LogP contribution in [0.5, 0.6) is 0 Å². The molecule has 0 bridgehead atoms. The summed E-state index contributed by atoms with van der Waals surface area (Å²) in [6.45, 7) is 18.7. The Kier molecular flexibility index (Phi) is 13.0. The second-order valence-corrected chi connectivity index (χ2v) is 19.2. The lowest BCUT2D eigenvalue weighted by atomic mass is 9.84. The van der Waals surface area contributed by atoms with Gasteiger partial charge in [-0.2, -0.15) is 0 Å².